The van der Waals surface area contributed by atoms with E-state index in [2.05, 4.69) is 167 Å². The second-order valence-corrected chi connectivity index (χ2v) is 18.3. The number of ether oxygens (including phenoxy) is 6. The summed E-state index contributed by atoms with van der Waals surface area (Å²) in [5.41, 5.74) is 14.7. The molecule has 4 aromatic carbocycles. The van der Waals surface area contributed by atoms with E-state index in [4.69, 9.17) is 38.4 Å². The molecule has 0 saturated carbocycles. The van der Waals surface area contributed by atoms with Crippen molar-refractivity contribution in [2.24, 2.45) is 0 Å². The lowest BCUT2D eigenvalue weighted by molar-refractivity contribution is 0.112. The van der Waals surface area contributed by atoms with Crippen LogP contribution in [0.2, 0.25) is 0 Å². The molecule has 0 aliphatic carbocycles. The zero-order valence-electron chi connectivity index (χ0n) is 37.9. The molecule has 2 aliphatic rings. The van der Waals surface area contributed by atoms with Gasteiger partial charge in [-0.25, -0.2) is 9.97 Å². The molecule has 69 heavy (non-hydrogen) atoms. The number of alkyl halides is 3. The van der Waals surface area contributed by atoms with Crippen molar-refractivity contribution in [3.63, 3.8) is 0 Å². The van der Waals surface area contributed by atoms with Crippen LogP contribution >= 0.6 is 47.8 Å². The highest BCUT2D eigenvalue weighted by atomic mass is 79.9. The van der Waals surface area contributed by atoms with E-state index in [0.29, 0.717) is 59.5 Å². The van der Waals surface area contributed by atoms with E-state index < -0.39 is 0 Å². The number of H-pyrrole nitrogens is 2. The number of hydrogen-bond donors (Lipinski definition) is 2. The molecule has 10 nitrogen and oxygen atoms in total. The summed E-state index contributed by atoms with van der Waals surface area (Å²) in [4.78, 5) is 18.6. The van der Waals surface area contributed by atoms with E-state index >= 15 is 0 Å². The summed E-state index contributed by atoms with van der Waals surface area (Å²) < 4.78 is 35.0. The van der Waals surface area contributed by atoms with E-state index in [1.807, 2.05) is 42.5 Å². The summed E-state index contributed by atoms with van der Waals surface area (Å²) in [6.45, 7) is 4.80. The quantitative estimate of drug-likeness (QED) is 0.0510. The Balaban J connectivity index is 1.24. The molecule has 0 unspecified atom stereocenters. The van der Waals surface area contributed by atoms with Crippen LogP contribution in [0.3, 0.4) is 0 Å². The van der Waals surface area contributed by atoms with E-state index in [1.165, 1.54) is 0 Å². The average Bonchev–Trinajstić information content (AvgIpc) is 4.24. The summed E-state index contributed by atoms with van der Waals surface area (Å²) in [5.74, 6) is 2.29. The van der Waals surface area contributed by atoms with Crippen LogP contribution in [-0.2, 0) is 14.2 Å². The van der Waals surface area contributed by atoms with Gasteiger partial charge < -0.3 is 38.4 Å². The highest BCUT2D eigenvalue weighted by Crippen LogP contribution is 2.39. The third-order valence-corrected chi connectivity index (χ3v) is 12.4. The molecule has 9 rings (SSSR count). The summed E-state index contributed by atoms with van der Waals surface area (Å²) in [7, 11) is 0. The van der Waals surface area contributed by atoms with Gasteiger partial charge in [-0.15, -0.1) is 0 Å². The molecule has 2 N–H and O–H groups in total. The number of nitrogens with one attached hydrogen (secondary N) is 2. The van der Waals surface area contributed by atoms with Crippen molar-refractivity contribution in [1.82, 2.24) is 19.9 Å². The molecule has 0 radical (unpaired) electrons. The highest BCUT2D eigenvalue weighted by molar-refractivity contribution is 9.09. The second kappa shape index (κ2) is 24.2. The van der Waals surface area contributed by atoms with Crippen molar-refractivity contribution in [2.45, 2.75) is 0 Å². The zero-order valence-corrected chi connectivity index (χ0v) is 42.7. The minimum Gasteiger partial charge on any atom is -0.491 e. The van der Waals surface area contributed by atoms with Crippen molar-refractivity contribution in [1.29, 1.82) is 0 Å². The smallest absolute Gasteiger partial charge is 0.119 e. The Hall–Kier alpha value is -5.80. The molecular weight excluding hydrogens is 1060 g/mol. The van der Waals surface area contributed by atoms with Crippen LogP contribution in [0.4, 0.5) is 0 Å². The van der Waals surface area contributed by atoms with Crippen LogP contribution in [0.15, 0.2) is 127 Å². The molecular formula is C56H51Br3N4O6. The molecule has 3 aromatic heterocycles. The van der Waals surface area contributed by atoms with Crippen molar-refractivity contribution >= 4 is 94.2 Å². The number of nitrogens with zero attached hydrogens (tertiary/aromatic N) is 2. The zero-order chi connectivity index (χ0) is 47.2. The SMILES string of the molecule is BrCCOCCOc1ccc(-c2c3nc(c(-c4ccc(OCCOCCBr)cc4)c4ccc([nH]4)c(-c4ccc(OCCOCCBr)cc4)c4nc(c(-c5ccccc5)c5ccc2[nH]5)C=C4)C=C3)cc1. The fourth-order valence-corrected chi connectivity index (χ4v) is 8.99. The van der Waals surface area contributed by atoms with Crippen molar-refractivity contribution in [3.05, 3.63) is 150 Å². The van der Waals surface area contributed by atoms with Gasteiger partial charge in [-0.2, -0.15) is 0 Å². The van der Waals surface area contributed by atoms with Gasteiger partial charge in [0.15, 0.2) is 0 Å². The predicted molar refractivity (Wildman–Crippen MR) is 291 cm³/mol. The van der Waals surface area contributed by atoms with Gasteiger partial charge in [0.25, 0.3) is 0 Å². The van der Waals surface area contributed by atoms with Gasteiger partial charge in [-0.1, -0.05) is 115 Å². The van der Waals surface area contributed by atoms with E-state index in [-0.39, 0.29) is 0 Å². The maximum absolute atomic E-state index is 6.07. The van der Waals surface area contributed by atoms with Crippen LogP contribution in [-0.4, -0.2) is 95.4 Å². The lowest BCUT2D eigenvalue weighted by Gasteiger charge is -2.10. The van der Waals surface area contributed by atoms with Crippen LogP contribution < -0.4 is 14.2 Å². The lowest BCUT2D eigenvalue weighted by Crippen LogP contribution is -2.07. The van der Waals surface area contributed by atoms with Gasteiger partial charge in [0.05, 0.1) is 62.4 Å². The summed E-state index contributed by atoms with van der Waals surface area (Å²) in [6.07, 6.45) is 8.42. The Kier molecular flexibility index (Phi) is 16.9. The first-order valence-corrected chi connectivity index (χ1v) is 26.3. The monoisotopic (exact) mass is 1110 g/mol. The number of aromatic nitrogens is 4. The third kappa shape index (κ3) is 12.0. The summed E-state index contributed by atoms with van der Waals surface area (Å²) >= 11 is 10.2. The maximum atomic E-state index is 6.07. The first-order valence-electron chi connectivity index (χ1n) is 22.9. The van der Waals surface area contributed by atoms with Crippen LogP contribution in [0.25, 0.3) is 90.9 Å². The molecule has 8 bridgehead atoms. The van der Waals surface area contributed by atoms with Gasteiger partial charge in [0.1, 0.15) is 37.1 Å². The molecule has 0 atom stereocenters. The molecule has 13 heteroatoms. The third-order valence-electron chi connectivity index (χ3n) is 11.4. The first-order chi connectivity index (χ1) is 34.1. The van der Waals surface area contributed by atoms with Gasteiger partial charge in [0.2, 0.25) is 0 Å². The van der Waals surface area contributed by atoms with E-state index in [1.54, 1.807) is 0 Å². The maximum Gasteiger partial charge on any atom is 0.119 e. The molecule has 0 amide bonds. The molecule has 2 aliphatic heterocycles. The van der Waals surface area contributed by atoms with Gasteiger partial charge in [-0.05, 0) is 107 Å². The Morgan fingerprint density at radius 2 is 0.609 bits per heavy atom. The van der Waals surface area contributed by atoms with E-state index in [9.17, 15) is 0 Å². The molecule has 0 fully saturated rings. The van der Waals surface area contributed by atoms with Gasteiger partial charge >= 0.3 is 0 Å². The van der Waals surface area contributed by atoms with Crippen LogP contribution in [0.1, 0.15) is 22.8 Å². The molecule has 0 saturated heterocycles. The van der Waals surface area contributed by atoms with Crippen LogP contribution in [0.5, 0.6) is 17.2 Å². The second-order valence-electron chi connectivity index (χ2n) is 15.9. The fourth-order valence-electron chi connectivity index (χ4n) is 8.30. The highest BCUT2D eigenvalue weighted by Gasteiger charge is 2.19. The Bertz CT molecular complexity index is 2990. The van der Waals surface area contributed by atoms with E-state index in [0.717, 1.165) is 123 Å². The molecule has 7 aromatic rings. The molecule has 5 heterocycles. The largest absolute Gasteiger partial charge is 0.491 e. The number of benzene rings is 4. The molecule has 352 valence electrons. The summed E-state index contributed by atoms with van der Waals surface area (Å²) in [6, 6.07) is 43.5. The van der Waals surface area contributed by atoms with Crippen molar-refractivity contribution < 1.29 is 28.4 Å². The fraction of sp³-hybridized carbons (Fsp3) is 0.214. The topological polar surface area (TPSA) is 113 Å². The number of hydrogen-bond acceptors (Lipinski definition) is 8. The van der Waals surface area contributed by atoms with Gasteiger partial charge in [-0.3, -0.25) is 0 Å². The minimum atomic E-state index is 0.453. The first kappa shape index (κ1) is 48.2. The number of rotatable bonds is 22. The Morgan fingerprint density at radius 1 is 0.319 bits per heavy atom. The van der Waals surface area contributed by atoms with Crippen LogP contribution in [0, 0.1) is 0 Å². The van der Waals surface area contributed by atoms with Gasteiger partial charge in [0, 0.05) is 60.3 Å². The Morgan fingerprint density at radius 3 is 0.899 bits per heavy atom. The molecule has 0 spiro atoms. The normalized spacial score (nSPS) is 11.9. The number of aromatic amines is 2. The number of halogens is 3. The predicted octanol–water partition coefficient (Wildman–Crippen LogP) is 13.7. The summed E-state index contributed by atoms with van der Waals surface area (Å²) in [5, 5.41) is 2.36. The van der Waals surface area contributed by atoms with Crippen molar-refractivity contribution in [2.75, 3.05) is 75.5 Å². The number of fused-ring (bicyclic) bond motifs is 8. The lowest BCUT2D eigenvalue weighted by atomic mass is 10.0. The standard InChI is InChI=1S/C56H51Br3N4O6/c57-26-29-64-32-35-67-42-12-6-39(7-13-42)54-47-20-18-45(60-47)53(38-4-2-1-3-5-38)46-19-21-48(61-46)55(40-8-14-43(15-9-40)68-36-33-65-30-27-58)50-23-25-52(63-50)56(51-24-22-49(54)62-51)41-10-16-44(17-11-41)69-37-34-66-31-28-59/h1-25,60,63H,26-37H2. The Labute approximate surface area is 427 Å². The minimum absolute atomic E-state index is 0.453. The average molecular weight is 1120 g/mol. The van der Waals surface area contributed by atoms with Crippen molar-refractivity contribution in [3.8, 4) is 61.8 Å².